The average molecular weight is 354 g/mol. The molecule has 4 rings (SSSR count). The van der Waals surface area contributed by atoms with Crippen molar-refractivity contribution < 1.29 is 18.7 Å². The molecule has 2 aromatic carbocycles. The molecule has 134 valence electrons. The van der Waals surface area contributed by atoms with Gasteiger partial charge in [0.25, 0.3) is 11.8 Å². The van der Waals surface area contributed by atoms with E-state index in [9.17, 15) is 14.0 Å². The summed E-state index contributed by atoms with van der Waals surface area (Å²) in [6.07, 6.45) is -0.133. The molecule has 2 heterocycles. The van der Waals surface area contributed by atoms with Gasteiger partial charge in [0, 0.05) is 26.2 Å². The second-order valence-electron chi connectivity index (χ2n) is 6.52. The van der Waals surface area contributed by atoms with Crippen molar-refractivity contribution in [2.45, 2.75) is 6.10 Å². The van der Waals surface area contributed by atoms with Crippen LogP contribution in [0.1, 0.15) is 32.4 Å². The fraction of sp³-hybridized carbons (Fsp3) is 0.300. The number of hydrogen-bond acceptors (Lipinski definition) is 4. The number of morpholine rings is 1. The molecule has 0 unspecified atom stereocenters. The molecule has 2 aliphatic heterocycles. The second-order valence-corrected chi connectivity index (χ2v) is 6.52. The molecule has 2 amide bonds. The molecule has 26 heavy (non-hydrogen) atoms. The van der Waals surface area contributed by atoms with E-state index in [0.717, 1.165) is 12.1 Å². The van der Waals surface area contributed by atoms with Crippen molar-refractivity contribution in [2.75, 3.05) is 32.8 Å². The van der Waals surface area contributed by atoms with E-state index in [2.05, 4.69) is 4.90 Å². The molecule has 0 bridgehead atoms. The summed E-state index contributed by atoms with van der Waals surface area (Å²) in [6, 6.07) is 13.2. The SMILES string of the molecule is O=C1c2ccccc2C(=O)N1CCN1CCO[C@H](c2ccc(F)cc2)C1. The molecule has 0 aliphatic carbocycles. The van der Waals surface area contributed by atoms with Crippen LogP contribution in [0, 0.1) is 5.82 Å². The Bertz CT molecular complexity index is 802. The standard InChI is InChI=1S/C20H19FN2O3/c21-15-7-5-14(6-8-15)18-13-22(11-12-26-18)9-10-23-19(24)16-3-1-2-4-17(16)20(23)25/h1-8,18H,9-13H2/t18-/m0/s1. The molecule has 1 atom stereocenters. The third-order valence-electron chi connectivity index (χ3n) is 4.91. The molecule has 1 saturated heterocycles. The number of ether oxygens (including phenoxy) is 1. The van der Waals surface area contributed by atoms with Crippen molar-refractivity contribution >= 4 is 11.8 Å². The van der Waals surface area contributed by atoms with Gasteiger partial charge >= 0.3 is 0 Å². The Labute approximate surface area is 151 Å². The molecular formula is C20H19FN2O3. The van der Waals surface area contributed by atoms with E-state index in [0.29, 0.717) is 37.4 Å². The third kappa shape index (κ3) is 3.13. The van der Waals surface area contributed by atoms with Crippen LogP contribution in [0.2, 0.25) is 0 Å². The zero-order chi connectivity index (χ0) is 18.1. The lowest BCUT2D eigenvalue weighted by Crippen LogP contribution is -2.43. The lowest BCUT2D eigenvalue weighted by Gasteiger charge is -2.33. The Morgan fingerprint density at radius 3 is 2.27 bits per heavy atom. The van der Waals surface area contributed by atoms with Gasteiger partial charge in [0.05, 0.1) is 23.8 Å². The van der Waals surface area contributed by atoms with Crippen molar-refractivity contribution in [1.82, 2.24) is 9.80 Å². The van der Waals surface area contributed by atoms with E-state index < -0.39 is 0 Å². The fourth-order valence-electron chi connectivity index (χ4n) is 3.47. The largest absolute Gasteiger partial charge is 0.371 e. The molecule has 6 heteroatoms. The van der Waals surface area contributed by atoms with E-state index in [-0.39, 0.29) is 23.7 Å². The zero-order valence-corrected chi connectivity index (χ0v) is 14.2. The van der Waals surface area contributed by atoms with Crippen molar-refractivity contribution in [1.29, 1.82) is 0 Å². The summed E-state index contributed by atoms with van der Waals surface area (Å²) >= 11 is 0. The highest BCUT2D eigenvalue weighted by atomic mass is 19.1. The Morgan fingerprint density at radius 1 is 0.962 bits per heavy atom. The van der Waals surface area contributed by atoms with Gasteiger partial charge in [-0.1, -0.05) is 24.3 Å². The topological polar surface area (TPSA) is 49.9 Å². The summed E-state index contributed by atoms with van der Waals surface area (Å²) < 4.78 is 18.9. The van der Waals surface area contributed by atoms with E-state index in [1.165, 1.54) is 17.0 Å². The summed E-state index contributed by atoms with van der Waals surface area (Å²) in [5, 5.41) is 0. The van der Waals surface area contributed by atoms with Crippen molar-refractivity contribution in [3.63, 3.8) is 0 Å². The highest BCUT2D eigenvalue weighted by Crippen LogP contribution is 2.24. The van der Waals surface area contributed by atoms with Crippen molar-refractivity contribution in [2.24, 2.45) is 0 Å². The first-order valence-electron chi connectivity index (χ1n) is 8.68. The number of carbonyl (C=O) groups is 2. The van der Waals surface area contributed by atoms with E-state index >= 15 is 0 Å². The Balaban J connectivity index is 1.38. The highest BCUT2D eigenvalue weighted by molar-refractivity contribution is 6.21. The third-order valence-corrected chi connectivity index (χ3v) is 4.91. The average Bonchev–Trinajstić information content (AvgIpc) is 2.92. The first kappa shape index (κ1) is 16.9. The normalized spacial score (nSPS) is 20.5. The Kier molecular flexibility index (Phi) is 4.53. The van der Waals surface area contributed by atoms with Gasteiger partial charge in [-0.2, -0.15) is 0 Å². The van der Waals surface area contributed by atoms with Crippen LogP contribution >= 0.6 is 0 Å². The summed E-state index contributed by atoms with van der Waals surface area (Å²) in [6.45, 7) is 2.88. The van der Waals surface area contributed by atoms with Crippen LogP contribution in [-0.2, 0) is 4.74 Å². The van der Waals surface area contributed by atoms with Crippen LogP contribution in [0.5, 0.6) is 0 Å². The van der Waals surface area contributed by atoms with E-state index in [1.54, 1.807) is 36.4 Å². The van der Waals surface area contributed by atoms with Gasteiger partial charge in [-0.25, -0.2) is 4.39 Å². The minimum absolute atomic E-state index is 0.133. The number of nitrogens with zero attached hydrogens (tertiary/aromatic N) is 2. The Morgan fingerprint density at radius 2 is 1.62 bits per heavy atom. The molecule has 0 saturated carbocycles. The number of rotatable bonds is 4. The van der Waals surface area contributed by atoms with Crippen LogP contribution in [-0.4, -0.2) is 54.4 Å². The summed E-state index contributed by atoms with van der Waals surface area (Å²) in [7, 11) is 0. The van der Waals surface area contributed by atoms with Crippen LogP contribution < -0.4 is 0 Å². The maximum atomic E-state index is 13.1. The molecule has 0 spiro atoms. The fourth-order valence-corrected chi connectivity index (χ4v) is 3.47. The molecule has 5 nitrogen and oxygen atoms in total. The molecular weight excluding hydrogens is 335 g/mol. The maximum absolute atomic E-state index is 13.1. The van der Waals surface area contributed by atoms with Crippen molar-refractivity contribution in [3.05, 3.63) is 71.0 Å². The molecule has 1 fully saturated rings. The minimum Gasteiger partial charge on any atom is -0.371 e. The predicted molar refractivity (Wildman–Crippen MR) is 93.3 cm³/mol. The monoisotopic (exact) mass is 354 g/mol. The number of benzene rings is 2. The summed E-state index contributed by atoms with van der Waals surface area (Å²) in [5.41, 5.74) is 1.88. The summed E-state index contributed by atoms with van der Waals surface area (Å²) in [4.78, 5) is 28.3. The number of hydrogen-bond donors (Lipinski definition) is 0. The minimum atomic E-state index is -0.271. The first-order valence-corrected chi connectivity index (χ1v) is 8.68. The molecule has 0 N–H and O–H groups in total. The van der Waals surface area contributed by atoms with Crippen LogP contribution in [0.15, 0.2) is 48.5 Å². The number of halogens is 1. The number of fused-ring (bicyclic) bond motifs is 1. The lowest BCUT2D eigenvalue weighted by molar-refractivity contribution is -0.0311. The van der Waals surface area contributed by atoms with Gasteiger partial charge in [0.1, 0.15) is 5.82 Å². The molecule has 2 aromatic rings. The van der Waals surface area contributed by atoms with E-state index in [4.69, 9.17) is 4.74 Å². The van der Waals surface area contributed by atoms with Gasteiger partial charge in [0.15, 0.2) is 0 Å². The van der Waals surface area contributed by atoms with Gasteiger partial charge in [-0.3, -0.25) is 19.4 Å². The molecule has 0 aromatic heterocycles. The number of carbonyl (C=O) groups excluding carboxylic acids is 2. The van der Waals surface area contributed by atoms with Gasteiger partial charge in [0.2, 0.25) is 0 Å². The maximum Gasteiger partial charge on any atom is 0.261 e. The zero-order valence-electron chi connectivity index (χ0n) is 14.2. The van der Waals surface area contributed by atoms with Crippen LogP contribution in [0.3, 0.4) is 0 Å². The van der Waals surface area contributed by atoms with E-state index in [1.807, 2.05) is 0 Å². The quantitative estimate of drug-likeness (QED) is 0.792. The second kappa shape index (κ2) is 6.97. The molecule has 2 aliphatic rings. The number of imide groups is 1. The van der Waals surface area contributed by atoms with Gasteiger partial charge in [-0.15, -0.1) is 0 Å². The Hall–Kier alpha value is -2.57. The highest BCUT2D eigenvalue weighted by Gasteiger charge is 2.35. The first-order chi connectivity index (χ1) is 12.6. The van der Waals surface area contributed by atoms with Crippen LogP contribution in [0.25, 0.3) is 0 Å². The van der Waals surface area contributed by atoms with Crippen LogP contribution in [0.4, 0.5) is 4.39 Å². The predicted octanol–water partition coefficient (Wildman–Crippen LogP) is 2.50. The smallest absolute Gasteiger partial charge is 0.261 e. The van der Waals surface area contributed by atoms with Crippen molar-refractivity contribution in [3.8, 4) is 0 Å². The lowest BCUT2D eigenvalue weighted by atomic mass is 10.1. The number of amides is 2. The molecule has 0 radical (unpaired) electrons. The van der Waals surface area contributed by atoms with Gasteiger partial charge in [-0.05, 0) is 29.8 Å². The van der Waals surface area contributed by atoms with Gasteiger partial charge < -0.3 is 4.74 Å². The summed E-state index contributed by atoms with van der Waals surface area (Å²) in [5.74, 6) is -0.727.